The van der Waals surface area contributed by atoms with Crippen molar-refractivity contribution in [2.75, 3.05) is 33.9 Å². The SMILES string of the molecule is CN=C(NCCOc1ccccc1)NCC(OC)C(C)(C)C. The number of hydrogen-bond acceptors (Lipinski definition) is 3. The molecule has 0 bridgehead atoms. The van der Waals surface area contributed by atoms with Crippen LogP contribution in [0.2, 0.25) is 0 Å². The van der Waals surface area contributed by atoms with Crippen molar-refractivity contribution in [3.63, 3.8) is 0 Å². The lowest BCUT2D eigenvalue weighted by atomic mass is 9.89. The van der Waals surface area contributed by atoms with E-state index in [2.05, 4.69) is 36.4 Å². The molecule has 1 atom stereocenters. The van der Waals surface area contributed by atoms with Crippen LogP contribution in [0.5, 0.6) is 5.75 Å². The Balaban J connectivity index is 2.28. The van der Waals surface area contributed by atoms with Gasteiger partial charge in [-0.25, -0.2) is 0 Å². The normalized spacial score (nSPS) is 13.6. The number of hydrogen-bond donors (Lipinski definition) is 2. The highest BCUT2D eigenvalue weighted by Crippen LogP contribution is 2.20. The average molecular weight is 307 g/mol. The van der Waals surface area contributed by atoms with Crippen LogP contribution in [-0.4, -0.2) is 45.9 Å². The largest absolute Gasteiger partial charge is 0.492 e. The van der Waals surface area contributed by atoms with Crippen molar-refractivity contribution in [2.45, 2.75) is 26.9 Å². The van der Waals surface area contributed by atoms with E-state index in [1.807, 2.05) is 30.3 Å². The summed E-state index contributed by atoms with van der Waals surface area (Å²) < 4.78 is 11.2. The van der Waals surface area contributed by atoms with E-state index in [9.17, 15) is 0 Å². The molecule has 22 heavy (non-hydrogen) atoms. The number of benzene rings is 1. The van der Waals surface area contributed by atoms with E-state index in [0.717, 1.165) is 11.7 Å². The second-order valence-electron chi connectivity index (χ2n) is 6.13. The van der Waals surface area contributed by atoms with Gasteiger partial charge >= 0.3 is 0 Å². The van der Waals surface area contributed by atoms with Crippen LogP contribution in [0.3, 0.4) is 0 Å². The van der Waals surface area contributed by atoms with Crippen molar-refractivity contribution in [3.05, 3.63) is 30.3 Å². The van der Waals surface area contributed by atoms with Gasteiger partial charge in [-0.1, -0.05) is 39.0 Å². The zero-order chi connectivity index (χ0) is 16.4. The number of methoxy groups -OCH3 is 1. The lowest BCUT2D eigenvalue weighted by molar-refractivity contribution is 0.0205. The summed E-state index contributed by atoms with van der Waals surface area (Å²) >= 11 is 0. The molecule has 0 amide bonds. The number of aliphatic imine (C=N–C) groups is 1. The van der Waals surface area contributed by atoms with Crippen molar-refractivity contribution in [1.82, 2.24) is 10.6 Å². The maximum Gasteiger partial charge on any atom is 0.191 e. The van der Waals surface area contributed by atoms with Crippen LogP contribution >= 0.6 is 0 Å². The first-order valence-electron chi connectivity index (χ1n) is 7.62. The maximum absolute atomic E-state index is 5.63. The fourth-order valence-electron chi connectivity index (χ4n) is 2.01. The van der Waals surface area contributed by atoms with Gasteiger partial charge in [0.2, 0.25) is 0 Å². The minimum Gasteiger partial charge on any atom is -0.492 e. The Labute approximate surface area is 134 Å². The van der Waals surface area contributed by atoms with Crippen molar-refractivity contribution >= 4 is 5.96 Å². The highest BCUT2D eigenvalue weighted by Gasteiger charge is 2.24. The fraction of sp³-hybridized carbons (Fsp3) is 0.588. The van der Waals surface area contributed by atoms with Gasteiger partial charge in [-0.05, 0) is 17.5 Å². The minimum atomic E-state index is 0.0804. The van der Waals surface area contributed by atoms with Crippen molar-refractivity contribution in [2.24, 2.45) is 10.4 Å². The maximum atomic E-state index is 5.63. The third-order valence-corrected chi connectivity index (χ3v) is 3.34. The zero-order valence-electron chi connectivity index (χ0n) is 14.3. The lowest BCUT2D eigenvalue weighted by Gasteiger charge is -2.30. The lowest BCUT2D eigenvalue weighted by Crippen LogP contribution is -2.46. The third kappa shape index (κ3) is 6.80. The topological polar surface area (TPSA) is 54.9 Å². The van der Waals surface area contributed by atoms with Crippen LogP contribution in [0.25, 0.3) is 0 Å². The van der Waals surface area contributed by atoms with Crippen LogP contribution in [0.15, 0.2) is 35.3 Å². The zero-order valence-corrected chi connectivity index (χ0v) is 14.3. The first-order chi connectivity index (χ1) is 10.5. The van der Waals surface area contributed by atoms with Gasteiger partial charge in [0.05, 0.1) is 12.6 Å². The van der Waals surface area contributed by atoms with Gasteiger partial charge in [-0.3, -0.25) is 4.99 Å². The van der Waals surface area contributed by atoms with Crippen LogP contribution in [0, 0.1) is 5.41 Å². The monoisotopic (exact) mass is 307 g/mol. The predicted molar refractivity (Wildman–Crippen MR) is 91.6 cm³/mol. The van der Waals surface area contributed by atoms with Gasteiger partial charge in [-0.15, -0.1) is 0 Å². The van der Waals surface area contributed by atoms with Gasteiger partial charge in [0.1, 0.15) is 12.4 Å². The highest BCUT2D eigenvalue weighted by atomic mass is 16.5. The van der Waals surface area contributed by atoms with Gasteiger partial charge in [0.15, 0.2) is 5.96 Å². The van der Waals surface area contributed by atoms with E-state index in [-0.39, 0.29) is 11.5 Å². The molecule has 1 rings (SSSR count). The molecule has 0 aromatic heterocycles. The molecule has 0 spiro atoms. The molecule has 1 unspecified atom stereocenters. The molecule has 0 saturated heterocycles. The Bertz CT molecular complexity index is 441. The van der Waals surface area contributed by atoms with E-state index in [4.69, 9.17) is 9.47 Å². The molecular formula is C17H29N3O2. The van der Waals surface area contributed by atoms with Crippen molar-refractivity contribution in [1.29, 1.82) is 0 Å². The summed E-state index contributed by atoms with van der Waals surface area (Å²) in [5, 5.41) is 6.51. The molecule has 5 nitrogen and oxygen atoms in total. The molecular weight excluding hydrogens is 278 g/mol. The molecule has 0 aliphatic heterocycles. The quantitative estimate of drug-likeness (QED) is 0.461. The summed E-state index contributed by atoms with van der Waals surface area (Å²) in [7, 11) is 3.49. The molecule has 1 aromatic carbocycles. The smallest absolute Gasteiger partial charge is 0.191 e. The van der Waals surface area contributed by atoms with Gasteiger partial charge in [-0.2, -0.15) is 0 Å². The number of rotatable bonds is 7. The first-order valence-corrected chi connectivity index (χ1v) is 7.62. The van der Waals surface area contributed by atoms with E-state index >= 15 is 0 Å². The molecule has 5 heteroatoms. The Morgan fingerprint density at radius 1 is 1.18 bits per heavy atom. The molecule has 0 heterocycles. The molecule has 0 aliphatic carbocycles. The highest BCUT2D eigenvalue weighted by molar-refractivity contribution is 5.79. The predicted octanol–water partition coefficient (Wildman–Crippen LogP) is 2.29. The van der Waals surface area contributed by atoms with Crippen LogP contribution in [0.1, 0.15) is 20.8 Å². The van der Waals surface area contributed by atoms with E-state index in [0.29, 0.717) is 19.7 Å². The van der Waals surface area contributed by atoms with E-state index in [1.54, 1.807) is 14.2 Å². The number of nitrogens with one attached hydrogen (secondary N) is 2. The Morgan fingerprint density at radius 3 is 2.41 bits per heavy atom. The fourth-order valence-corrected chi connectivity index (χ4v) is 2.01. The third-order valence-electron chi connectivity index (χ3n) is 3.34. The number of para-hydroxylation sites is 1. The molecule has 0 saturated carbocycles. The Hall–Kier alpha value is -1.75. The standard InChI is InChI=1S/C17H29N3O2/c1-17(2,3)15(21-5)13-20-16(18-4)19-11-12-22-14-9-7-6-8-10-14/h6-10,15H,11-13H2,1-5H3,(H2,18,19,20). The Kier molecular flexibility index (Phi) is 7.74. The van der Waals surface area contributed by atoms with Crippen molar-refractivity contribution < 1.29 is 9.47 Å². The van der Waals surface area contributed by atoms with E-state index < -0.39 is 0 Å². The first kappa shape index (κ1) is 18.3. The van der Waals surface area contributed by atoms with Crippen molar-refractivity contribution in [3.8, 4) is 5.75 Å². The molecule has 0 radical (unpaired) electrons. The summed E-state index contributed by atoms with van der Waals surface area (Å²) in [5.74, 6) is 1.63. The van der Waals surface area contributed by atoms with Crippen LogP contribution in [0.4, 0.5) is 0 Å². The van der Waals surface area contributed by atoms with Gasteiger partial charge < -0.3 is 20.1 Å². The number of ether oxygens (including phenoxy) is 2. The summed E-state index contributed by atoms with van der Waals surface area (Å²) in [5.41, 5.74) is 0.0804. The van der Waals surface area contributed by atoms with E-state index in [1.165, 1.54) is 0 Å². The summed E-state index contributed by atoms with van der Waals surface area (Å²) in [4.78, 5) is 4.20. The molecule has 1 aromatic rings. The Morgan fingerprint density at radius 2 is 1.86 bits per heavy atom. The summed E-state index contributed by atoms with van der Waals surface area (Å²) in [6, 6.07) is 9.78. The van der Waals surface area contributed by atoms with Gasteiger partial charge in [0, 0.05) is 20.7 Å². The van der Waals surface area contributed by atoms with Crippen LogP contribution < -0.4 is 15.4 Å². The molecule has 124 valence electrons. The molecule has 0 fully saturated rings. The number of nitrogens with zero attached hydrogens (tertiary/aromatic N) is 1. The summed E-state index contributed by atoms with van der Waals surface area (Å²) in [6.45, 7) is 8.45. The molecule has 2 N–H and O–H groups in total. The average Bonchev–Trinajstić information content (AvgIpc) is 2.49. The van der Waals surface area contributed by atoms with Crippen LogP contribution in [-0.2, 0) is 4.74 Å². The minimum absolute atomic E-state index is 0.0804. The van der Waals surface area contributed by atoms with Gasteiger partial charge in [0.25, 0.3) is 0 Å². The number of guanidine groups is 1. The second kappa shape index (κ2) is 9.30. The second-order valence-corrected chi connectivity index (χ2v) is 6.13. The summed E-state index contributed by atoms with van der Waals surface area (Å²) in [6.07, 6.45) is 0.117. The molecule has 0 aliphatic rings.